The third-order valence-corrected chi connectivity index (χ3v) is 5.79. The van der Waals surface area contributed by atoms with Crippen LogP contribution in [-0.4, -0.2) is 10.1 Å². The Kier molecular flexibility index (Phi) is 4.36. The molecule has 1 aliphatic carbocycles. The fourth-order valence-corrected chi connectivity index (χ4v) is 4.04. The van der Waals surface area contributed by atoms with Crippen LogP contribution in [0.15, 0.2) is 38.2 Å². The summed E-state index contributed by atoms with van der Waals surface area (Å²) >= 11 is 5.16. The molecule has 1 aliphatic rings. The Balaban J connectivity index is 1.80. The zero-order chi connectivity index (χ0) is 15.8. The summed E-state index contributed by atoms with van der Waals surface area (Å²) in [5, 5.41) is 4.16. The smallest absolute Gasteiger partial charge is 0.242 e. The molecule has 6 heteroatoms. The zero-order valence-corrected chi connectivity index (χ0v) is 15.2. The number of hydrogen-bond acceptors (Lipinski definition) is 5. The van der Waals surface area contributed by atoms with Crippen molar-refractivity contribution in [2.24, 2.45) is 5.73 Å². The van der Waals surface area contributed by atoms with Gasteiger partial charge >= 0.3 is 0 Å². The van der Waals surface area contributed by atoms with Gasteiger partial charge in [0, 0.05) is 9.37 Å². The molecule has 0 atom stereocenters. The summed E-state index contributed by atoms with van der Waals surface area (Å²) in [7, 11) is 0. The fraction of sp³-hybridized carbons (Fsp3) is 0.500. The van der Waals surface area contributed by atoms with E-state index in [2.05, 4.69) is 52.1 Å². The summed E-state index contributed by atoms with van der Waals surface area (Å²) < 4.78 is 6.30. The van der Waals surface area contributed by atoms with Gasteiger partial charge in [-0.1, -0.05) is 33.9 Å². The molecule has 1 aromatic heterocycles. The lowest BCUT2D eigenvalue weighted by Crippen LogP contribution is -2.34. The van der Waals surface area contributed by atoms with Crippen LogP contribution in [0.2, 0.25) is 0 Å². The second-order valence-electron chi connectivity index (χ2n) is 6.35. The summed E-state index contributed by atoms with van der Waals surface area (Å²) in [5.74, 6) is 1.29. The summed E-state index contributed by atoms with van der Waals surface area (Å²) in [6.45, 7) is 4.18. The Hall–Kier alpha value is -0.850. The quantitative estimate of drug-likeness (QED) is 0.784. The molecule has 1 saturated carbocycles. The van der Waals surface area contributed by atoms with Crippen LogP contribution >= 0.6 is 27.7 Å². The number of nitrogens with zero attached hydrogens (tertiary/aromatic N) is 2. The average Bonchev–Trinajstić information content (AvgIpc) is 3.11. The number of benzene rings is 1. The SMILES string of the molecule is CC(C)(Sc1ccc(Br)cc1)c1nc(C2(N)CCCC2)no1. The minimum Gasteiger partial charge on any atom is -0.338 e. The summed E-state index contributed by atoms with van der Waals surface area (Å²) in [6.07, 6.45) is 4.15. The van der Waals surface area contributed by atoms with Crippen LogP contribution in [0.25, 0.3) is 0 Å². The van der Waals surface area contributed by atoms with E-state index >= 15 is 0 Å². The van der Waals surface area contributed by atoms with Gasteiger partial charge in [0.05, 0.1) is 10.3 Å². The first-order valence-corrected chi connectivity index (χ1v) is 9.08. The third-order valence-electron chi connectivity index (χ3n) is 4.07. The molecule has 0 saturated heterocycles. The van der Waals surface area contributed by atoms with Crippen molar-refractivity contribution in [1.82, 2.24) is 10.1 Å². The van der Waals surface area contributed by atoms with Gasteiger partial charge in [-0.05, 0) is 51.0 Å². The Labute approximate surface area is 143 Å². The first-order chi connectivity index (χ1) is 10.4. The molecule has 1 fully saturated rings. The van der Waals surface area contributed by atoms with Crippen LogP contribution in [0.3, 0.4) is 0 Å². The molecule has 3 rings (SSSR count). The fourth-order valence-electron chi connectivity index (χ4n) is 2.74. The largest absolute Gasteiger partial charge is 0.338 e. The molecule has 118 valence electrons. The Morgan fingerprint density at radius 3 is 2.50 bits per heavy atom. The van der Waals surface area contributed by atoms with Crippen molar-refractivity contribution in [3.05, 3.63) is 40.5 Å². The molecule has 1 heterocycles. The van der Waals surface area contributed by atoms with Gasteiger partial charge in [-0.3, -0.25) is 0 Å². The molecule has 2 N–H and O–H groups in total. The maximum absolute atomic E-state index is 6.41. The minimum absolute atomic E-state index is 0.298. The number of hydrogen-bond donors (Lipinski definition) is 1. The highest BCUT2D eigenvalue weighted by molar-refractivity contribution is 9.10. The van der Waals surface area contributed by atoms with E-state index in [0.717, 1.165) is 35.1 Å². The highest BCUT2D eigenvalue weighted by atomic mass is 79.9. The van der Waals surface area contributed by atoms with Crippen molar-refractivity contribution in [2.75, 3.05) is 0 Å². The molecule has 2 aromatic rings. The molecule has 0 spiro atoms. The summed E-state index contributed by atoms with van der Waals surface area (Å²) in [6, 6.07) is 8.22. The maximum Gasteiger partial charge on any atom is 0.242 e. The second-order valence-corrected chi connectivity index (χ2v) is 8.96. The normalized spacial score (nSPS) is 17.8. The van der Waals surface area contributed by atoms with Crippen LogP contribution in [0.5, 0.6) is 0 Å². The highest BCUT2D eigenvalue weighted by Gasteiger charge is 2.38. The van der Waals surface area contributed by atoms with Crippen LogP contribution in [0, 0.1) is 0 Å². The van der Waals surface area contributed by atoms with Crippen molar-refractivity contribution in [1.29, 1.82) is 0 Å². The van der Waals surface area contributed by atoms with Crippen LogP contribution in [0.4, 0.5) is 0 Å². The van der Waals surface area contributed by atoms with Gasteiger partial charge in [-0.2, -0.15) is 4.98 Å². The minimum atomic E-state index is -0.403. The summed E-state index contributed by atoms with van der Waals surface area (Å²) in [5.41, 5.74) is 6.01. The van der Waals surface area contributed by atoms with Gasteiger partial charge in [0.1, 0.15) is 0 Å². The van der Waals surface area contributed by atoms with E-state index in [-0.39, 0.29) is 4.75 Å². The van der Waals surface area contributed by atoms with Crippen LogP contribution in [0.1, 0.15) is 51.2 Å². The molecule has 0 unspecified atom stereocenters. The van der Waals surface area contributed by atoms with E-state index in [9.17, 15) is 0 Å². The standard InChI is InChI=1S/C16H20BrN3OS/c1-15(2,22-12-7-5-11(17)6-8-12)14-19-13(20-21-14)16(18)9-3-4-10-16/h5-8H,3-4,9-10,18H2,1-2H3. The van der Waals surface area contributed by atoms with Gasteiger partial charge in [0.2, 0.25) is 5.89 Å². The summed E-state index contributed by atoms with van der Waals surface area (Å²) in [4.78, 5) is 5.78. The lowest BCUT2D eigenvalue weighted by molar-refractivity contribution is 0.334. The molecule has 0 bridgehead atoms. The molecule has 4 nitrogen and oxygen atoms in total. The van der Waals surface area contributed by atoms with Gasteiger partial charge in [-0.25, -0.2) is 0 Å². The second kappa shape index (κ2) is 5.98. The van der Waals surface area contributed by atoms with Crippen molar-refractivity contribution >= 4 is 27.7 Å². The predicted molar refractivity (Wildman–Crippen MR) is 91.7 cm³/mol. The van der Waals surface area contributed by atoms with Crippen molar-refractivity contribution < 1.29 is 4.52 Å². The zero-order valence-electron chi connectivity index (χ0n) is 12.8. The third kappa shape index (κ3) is 3.24. The van der Waals surface area contributed by atoms with E-state index in [1.165, 1.54) is 0 Å². The molecule has 0 amide bonds. The van der Waals surface area contributed by atoms with E-state index in [0.29, 0.717) is 11.7 Å². The van der Waals surface area contributed by atoms with E-state index < -0.39 is 5.54 Å². The Morgan fingerprint density at radius 2 is 1.86 bits per heavy atom. The van der Waals surface area contributed by atoms with E-state index in [1.54, 1.807) is 11.8 Å². The lowest BCUT2D eigenvalue weighted by Gasteiger charge is -2.20. The molecule has 1 aromatic carbocycles. The first-order valence-electron chi connectivity index (χ1n) is 7.47. The van der Waals surface area contributed by atoms with Gasteiger partial charge in [-0.15, -0.1) is 11.8 Å². The topological polar surface area (TPSA) is 64.9 Å². The maximum atomic E-state index is 6.41. The van der Waals surface area contributed by atoms with Crippen LogP contribution < -0.4 is 5.73 Å². The average molecular weight is 382 g/mol. The van der Waals surface area contributed by atoms with Crippen molar-refractivity contribution in [3.63, 3.8) is 0 Å². The Bertz CT molecular complexity index is 648. The van der Waals surface area contributed by atoms with Crippen molar-refractivity contribution in [2.45, 2.75) is 54.7 Å². The van der Waals surface area contributed by atoms with Crippen LogP contribution in [-0.2, 0) is 10.3 Å². The first kappa shape index (κ1) is 16.0. The monoisotopic (exact) mass is 381 g/mol. The number of aromatic nitrogens is 2. The number of rotatable bonds is 4. The number of halogens is 1. The lowest BCUT2D eigenvalue weighted by atomic mass is 9.98. The molecule has 0 radical (unpaired) electrons. The predicted octanol–water partition coefficient (Wildman–Crippen LogP) is 4.59. The van der Waals surface area contributed by atoms with Crippen molar-refractivity contribution in [3.8, 4) is 0 Å². The highest BCUT2D eigenvalue weighted by Crippen LogP contribution is 2.42. The molecular weight excluding hydrogens is 362 g/mol. The number of nitrogens with two attached hydrogens (primary N) is 1. The van der Waals surface area contributed by atoms with E-state index in [4.69, 9.17) is 10.3 Å². The van der Waals surface area contributed by atoms with Gasteiger partial charge < -0.3 is 10.3 Å². The van der Waals surface area contributed by atoms with Gasteiger partial charge in [0.15, 0.2) is 5.82 Å². The molecule has 22 heavy (non-hydrogen) atoms. The molecular formula is C16H20BrN3OS. The Morgan fingerprint density at radius 1 is 1.23 bits per heavy atom. The number of thioether (sulfide) groups is 1. The van der Waals surface area contributed by atoms with Gasteiger partial charge in [0.25, 0.3) is 0 Å². The molecule has 0 aliphatic heterocycles. The van der Waals surface area contributed by atoms with E-state index in [1.807, 2.05) is 12.1 Å².